The average molecular weight is 222 g/mol. The second kappa shape index (κ2) is 4.53. The number of hydrogen-bond acceptors (Lipinski definition) is 3. The van der Waals surface area contributed by atoms with Crippen LogP contribution in [0.5, 0.6) is 0 Å². The topological polar surface area (TPSA) is 56.7 Å². The molecule has 0 atom stereocenters. The maximum Gasteiger partial charge on any atom is 0.138 e. The predicted molar refractivity (Wildman–Crippen MR) is 63.9 cm³/mol. The molecule has 1 saturated carbocycles. The van der Waals surface area contributed by atoms with Crippen LogP contribution in [0.1, 0.15) is 38.9 Å². The first-order valence-electron chi connectivity index (χ1n) is 6.22. The SMILES string of the molecule is CC(C)Cn1ncnc1CC1(CN)CCC1. The fourth-order valence-electron chi connectivity index (χ4n) is 2.39. The van der Waals surface area contributed by atoms with Crippen molar-refractivity contribution in [2.24, 2.45) is 17.1 Å². The zero-order valence-corrected chi connectivity index (χ0v) is 10.3. The lowest BCUT2D eigenvalue weighted by Crippen LogP contribution is -2.40. The Labute approximate surface area is 97.2 Å². The van der Waals surface area contributed by atoms with Gasteiger partial charge >= 0.3 is 0 Å². The zero-order chi connectivity index (χ0) is 11.6. The van der Waals surface area contributed by atoms with Crippen LogP contribution >= 0.6 is 0 Å². The van der Waals surface area contributed by atoms with Gasteiger partial charge < -0.3 is 5.73 Å². The largest absolute Gasteiger partial charge is 0.330 e. The van der Waals surface area contributed by atoms with Crippen LogP contribution in [0.2, 0.25) is 0 Å². The molecule has 0 aliphatic heterocycles. The molecule has 2 N–H and O–H groups in total. The van der Waals surface area contributed by atoms with E-state index in [2.05, 4.69) is 23.9 Å². The minimum absolute atomic E-state index is 0.321. The molecule has 90 valence electrons. The molecule has 0 unspecified atom stereocenters. The first kappa shape index (κ1) is 11.6. The molecule has 2 rings (SSSR count). The lowest BCUT2D eigenvalue weighted by Gasteiger charge is -2.40. The summed E-state index contributed by atoms with van der Waals surface area (Å²) in [6.07, 6.45) is 6.47. The third-order valence-corrected chi connectivity index (χ3v) is 3.61. The quantitative estimate of drug-likeness (QED) is 0.823. The van der Waals surface area contributed by atoms with Crippen molar-refractivity contribution in [1.29, 1.82) is 0 Å². The highest BCUT2D eigenvalue weighted by Crippen LogP contribution is 2.42. The van der Waals surface area contributed by atoms with Crippen molar-refractivity contribution in [3.63, 3.8) is 0 Å². The van der Waals surface area contributed by atoms with Crippen LogP contribution in [0.25, 0.3) is 0 Å². The highest BCUT2D eigenvalue weighted by molar-refractivity contribution is 4.99. The molecule has 1 aliphatic carbocycles. The van der Waals surface area contributed by atoms with Gasteiger partial charge in [-0.05, 0) is 30.7 Å². The number of hydrogen-bond donors (Lipinski definition) is 1. The number of rotatable bonds is 5. The lowest BCUT2D eigenvalue weighted by molar-refractivity contribution is 0.139. The Kier molecular flexibility index (Phi) is 3.28. The van der Waals surface area contributed by atoms with E-state index in [1.165, 1.54) is 19.3 Å². The number of aromatic nitrogens is 3. The van der Waals surface area contributed by atoms with E-state index in [0.29, 0.717) is 11.3 Å². The van der Waals surface area contributed by atoms with E-state index in [9.17, 15) is 0 Å². The Morgan fingerprint density at radius 2 is 2.25 bits per heavy atom. The molecule has 1 aromatic rings. The van der Waals surface area contributed by atoms with Crippen LogP contribution in [-0.4, -0.2) is 21.3 Å². The summed E-state index contributed by atoms with van der Waals surface area (Å²) in [7, 11) is 0. The van der Waals surface area contributed by atoms with Crippen LogP contribution in [0.4, 0.5) is 0 Å². The van der Waals surface area contributed by atoms with E-state index in [4.69, 9.17) is 5.73 Å². The second-order valence-electron chi connectivity index (χ2n) is 5.49. The molecular formula is C12H22N4. The molecule has 0 spiro atoms. The van der Waals surface area contributed by atoms with Crippen molar-refractivity contribution in [2.45, 2.75) is 46.1 Å². The zero-order valence-electron chi connectivity index (χ0n) is 10.3. The Bertz CT molecular complexity index is 333. The molecule has 1 heterocycles. The summed E-state index contributed by atoms with van der Waals surface area (Å²) in [5.74, 6) is 1.72. The minimum atomic E-state index is 0.321. The second-order valence-corrected chi connectivity index (χ2v) is 5.49. The van der Waals surface area contributed by atoms with E-state index < -0.39 is 0 Å². The van der Waals surface area contributed by atoms with E-state index in [1.807, 2.05) is 4.68 Å². The molecule has 1 aromatic heterocycles. The van der Waals surface area contributed by atoms with Gasteiger partial charge in [0, 0.05) is 13.0 Å². The standard InChI is InChI=1S/C12H22N4/c1-10(2)7-16-11(14-9-15-16)6-12(8-13)4-3-5-12/h9-10H,3-8,13H2,1-2H3. The summed E-state index contributed by atoms with van der Waals surface area (Å²) in [5, 5.41) is 4.30. The molecule has 1 fully saturated rings. The van der Waals surface area contributed by atoms with Gasteiger partial charge in [0.1, 0.15) is 12.2 Å². The van der Waals surface area contributed by atoms with Gasteiger partial charge in [0.25, 0.3) is 0 Å². The van der Waals surface area contributed by atoms with Crippen LogP contribution in [0.3, 0.4) is 0 Å². The van der Waals surface area contributed by atoms with Gasteiger partial charge in [-0.25, -0.2) is 9.67 Å². The van der Waals surface area contributed by atoms with E-state index in [0.717, 1.165) is 25.3 Å². The molecular weight excluding hydrogens is 200 g/mol. The minimum Gasteiger partial charge on any atom is -0.330 e. The third-order valence-electron chi connectivity index (χ3n) is 3.61. The third kappa shape index (κ3) is 2.26. The van der Waals surface area contributed by atoms with Crippen LogP contribution in [0.15, 0.2) is 6.33 Å². The smallest absolute Gasteiger partial charge is 0.138 e. The number of nitrogens with zero attached hydrogens (tertiary/aromatic N) is 3. The van der Waals surface area contributed by atoms with E-state index in [-0.39, 0.29) is 0 Å². The first-order chi connectivity index (χ1) is 7.65. The summed E-state index contributed by atoms with van der Waals surface area (Å²) in [6.45, 7) is 6.14. The van der Waals surface area contributed by atoms with Crippen LogP contribution in [-0.2, 0) is 13.0 Å². The van der Waals surface area contributed by atoms with Gasteiger partial charge in [-0.15, -0.1) is 0 Å². The van der Waals surface area contributed by atoms with Crippen LogP contribution < -0.4 is 5.73 Å². The van der Waals surface area contributed by atoms with Crippen LogP contribution in [0, 0.1) is 11.3 Å². The van der Waals surface area contributed by atoms with Crippen molar-refractivity contribution in [2.75, 3.05) is 6.54 Å². The van der Waals surface area contributed by atoms with Gasteiger partial charge in [-0.1, -0.05) is 20.3 Å². The Morgan fingerprint density at radius 1 is 1.50 bits per heavy atom. The molecule has 16 heavy (non-hydrogen) atoms. The predicted octanol–water partition coefficient (Wildman–Crippen LogP) is 1.61. The number of nitrogens with two attached hydrogens (primary N) is 1. The highest BCUT2D eigenvalue weighted by atomic mass is 15.3. The fraction of sp³-hybridized carbons (Fsp3) is 0.833. The summed E-state index contributed by atoms with van der Waals surface area (Å²) < 4.78 is 2.04. The van der Waals surface area contributed by atoms with E-state index >= 15 is 0 Å². The average Bonchev–Trinajstić information content (AvgIpc) is 2.58. The van der Waals surface area contributed by atoms with Crippen molar-refractivity contribution in [3.8, 4) is 0 Å². The van der Waals surface area contributed by atoms with E-state index in [1.54, 1.807) is 6.33 Å². The molecule has 0 aromatic carbocycles. The Morgan fingerprint density at radius 3 is 2.75 bits per heavy atom. The maximum absolute atomic E-state index is 5.88. The molecule has 4 nitrogen and oxygen atoms in total. The summed E-state index contributed by atoms with van der Waals surface area (Å²) >= 11 is 0. The van der Waals surface area contributed by atoms with Crippen molar-refractivity contribution >= 4 is 0 Å². The normalized spacial score (nSPS) is 18.8. The summed E-state index contributed by atoms with van der Waals surface area (Å²) in [5.41, 5.74) is 6.20. The van der Waals surface area contributed by atoms with Gasteiger partial charge in [0.15, 0.2) is 0 Å². The van der Waals surface area contributed by atoms with Gasteiger partial charge in [0.2, 0.25) is 0 Å². The van der Waals surface area contributed by atoms with Crippen molar-refractivity contribution in [3.05, 3.63) is 12.2 Å². The van der Waals surface area contributed by atoms with Gasteiger partial charge in [-0.2, -0.15) is 5.10 Å². The molecule has 1 aliphatic rings. The fourth-order valence-corrected chi connectivity index (χ4v) is 2.39. The lowest BCUT2D eigenvalue weighted by atomic mass is 9.66. The summed E-state index contributed by atoms with van der Waals surface area (Å²) in [4.78, 5) is 4.38. The van der Waals surface area contributed by atoms with Gasteiger partial charge in [0.05, 0.1) is 0 Å². The highest BCUT2D eigenvalue weighted by Gasteiger charge is 2.36. The summed E-state index contributed by atoms with van der Waals surface area (Å²) in [6, 6.07) is 0. The molecule has 0 bridgehead atoms. The Balaban J connectivity index is 2.06. The molecule has 0 amide bonds. The first-order valence-corrected chi connectivity index (χ1v) is 6.22. The molecule has 0 saturated heterocycles. The monoisotopic (exact) mass is 222 g/mol. The maximum atomic E-state index is 5.88. The molecule has 0 radical (unpaired) electrons. The van der Waals surface area contributed by atoms with Crippen molar-refractivity contribution < 1.29 is 0 Å². The van der Waals surface area contributed by atoms with Crippen molar-refractivity contribution in [1.82, 2.24) is 14.8 Å². The Hall–Kier alpha value is -0.900. The molecule has 4 heteroatoms. The van der Waals surface area contributed by atoms with Gasteiger partial charge in [-0.3, -0.25) is 0 Å².